The number of rotatable bonds is 4. The van der Waals surface area contributed by atoms with Crippen molar-refractivity contribution >= 4 is 15.7 Å². The Hall–Kier alpha value is -2.81. The highest BCUT2D eigenvalue weighted by molar-refractivity contribution is 7.92. The second kappa shape index (κ2) is 6.25. The van der Waals surface area contributed by atoms with Gasteiger partial charge in [-0.25, -0.2) is 13.1 Å². The van der Waals surface area contributed by atoms with Crippen LogP contribution in [0, 0.1) is 0 Å². The lowest BCUT2D eigenvalue weighted by Crippen LogP contribution is -2.17. The second-order valence-corrected chi connectivity index (χ2v) is 6.78. The van der Waals surface area contributed by atoms with Gasteiger partial charge in [-0.15, -0.1) is 0 Å². The van der Waals surface area contributed by atoms with Gasteiger partial charge in [-0.05, 0) is 42.5 Å². The standard InChI is InChI=1S/C16H12F3N3O2S/c17-16(18,19)14-4-1-2-5-15(14)21-25(23,24)13-8-6-12(7-9-13)22-11-3-10-20-22/h1-11,21H. The number of halogens is 3. The Morgan fingerprint density at radius 3 is 2.24 bits per heavy atom. The highest BCUT2D eigenvalue weighted by Crippen LogP contribution is 2.35. The molecule has 0 amide bonds. The van der Waals surface area contributed by atoms with Crippen molar-refractivity contribution in [1.29, 1.82) is 0 Å². The summed E-state index contributed by atoms with van der Waals surface area (Å²) in [6.07, 6.45) is -1.41. The Morgan fingerprint density at radius 2 is 1.64 bits per heavy atom. The van der Waals surface area contributed by atoms with Crippen LogP contribution in [-0.4, -0.2) is 18.2 Å². The molecule has 0 aliphatic carbocycles. The smallest absolute Gasteiger partial charge is 0.279 e. The summed E-state index contributed by atoms with van der Waals surface area (Å²) in [5.74, 6) is 0. The normalized spacial score (nSPS) is 12.1. The SMILES string of the molecule is O=S(=O)(Nc1ccccc1C(F)(F)F)c1ccc(-n2cccn2)cc1. The van der Waals surface area contributed by atoms with Gasteiger partial charge < -0.3 is 0 Å². The van der Waals surface area contributed by atoms with Crippen molar-refractivity contribution in [3.63, 3.8) is 0 Å². The fraction of sp³-hybridized carbons (Fsp3) is 0.0625. The lowest BCUT2D eigenvalue weighted by molar-refractivity contribution is -0.136. The summed E-state index contributed by atoms with van der Waals surface area (Å²) in [7, 11) is -4.16. The van der Waals surface area contributed by atoms with E-state index in [0.717, 1.165) is 12.1 Å². The number of hydrogen-bond donors (Lipinski definition) is 1. The van der Waals surface area contributed by atoms with E-state index in [1.54, 1.807) is 18.5 Å². The molecular formula is C16H12F3N3O2S. The summed E-state index contributed by atoms with van der Waals surface area (Å²) in [5, 5.41) is 4.01. The molecule has 25 heavy (non-hydrogen) atoms. The van der Waals surface area contributed by atoms with Crippen LogP contribution in [0.25, 0.3) is 5.69 Å². The molecule has 130 valence electrons. The zero-order valence-corrected chi connectivity index (χ0v) is 13.4. The van der Waals surface area contributed by atoms with Crippen LogP contribution in [0.5, 0.6) is 0 Å². The molecule has 0 saturated carbocycles. The van der Waals surface area contributed by atoms with Gasteiger partial charge in [0.25, 0.3) is 10.0 Å². The number of para-hydroxylation sites is 1. The molecule has 1 heterocycles. The van der Waals surface area contributed by atoms with E-state index in [1.807, 2.05) is 4.72 Å². The average molecular weight is 367 g/mol. The summed E-state index contributed by atoms with van der Waals surface area (Å²) in [5.41, 5.74) is -0.947. The van der Waals surface area contributed by atoms with Gasteiger partial charge in [-0.2, -0.15) is 18.3 Å². The molecule has 5 nitrogen and oxygen atoms in total. The molecule has 1 N–H and O–H groups in total. The van der Waals surface area contributed by atoms with Crippen molar-refractivity contribution < 1.29 is 21.6 Å². The van der Waals surface area contributed by atoms with Gasteiger partial charge in [-0.1, -0.05) is 12.1 Å². The summed E-state index contributed by atoms with van der Waals surface area (Å²) >= 11 is 0. The Balaban J connectivity index is 1.91. The third kappa shape index (κ3) is 3.66. The lowest BCUT2D eigenvalue weighted by atomic mass is 10.2. The van der Waals surface area contributed by atoms with Crippen LogP contribution in [0.1, 0.15) is 5.56 Å². The van der Waals surface area contributed by atoms with Crippen LogP contribution in [0.4, 0.5) is 18.9 Å². The monoisotopic (exact) mass is 367 g/mol. The molecule has 3 rings (SSSR count). The molecule has 0 spiro atoms. The molecule has 0 bridgehead atoms. The summed E-state index contributed by atoms with van der Waals surface area (Å²) in [4.78, 5) is -0.152. The minimum Gasteiger partial charge on any atom is -0.279 e. The maximum atomic E-state index is 13.0. The van der Waals surface area contributed by atoms with Gasteiger partial charge in [0.2, 0.25) is 0 Å². The van der Waals surface area contributed by atoms with Gasteiger partial charge in [0.15, 0.2) is 0 Å². The zero-order chi connectivity index (χ0) is 18.1. The Labute approximate surface area is 141 Å². The number of anilines is 1. The van der Waals surface area contributed by atoms with Gasteiger partial charge >= 0.3 is 6.18 Å². The second-order valence-electron chi connectivity index (χ2n) is 5.09. The van der Waals surface area contributed by atoms with E-state index in [2.05, 4.69) is 5.10 Å². The molecule has 0 saturated heterocycles. The molecule has 0 fully saturated rings. The predicted octanol–water partition coefficient (Wildman–Crippen LogP) is 3.69. The van der Waals surface area contributed by atoms with Crippen molar-refractivity contribution in [2.24, 2.45) is 0 Å². The first-order valence-electron chi connectivity index (χ1n) is 7.06. The van der Waals surface area contributed by atoms with E-state index in [9.17, 15) is 21.6 Å². The van der Waals surface area contributed by atoms with Crippen LogP contribution < -0.4 is 4.72 Å². The molecule has 0 aliphatic heterocycles. The average Bonchev–Trinajstić information content (AvgIpc) is 3.08. The number of hydrogen-bond acceptors (Lipinski definition) is 3. The van der Waals surface area contributed by atoms with Gasteiger partial charge in [0, 0.05) is 12.4 Å². The van der Waals surface area contributed by atoms with E-state index in [0.29, 0.717) is 5.69 Å². The third-order valence-corrected chi connectivity index (χ3v) is 4.77. The molecule has 0 aliphatic rings. The van der Waals surface area contributed by atoms with E-state index in [-0.39, 0.29) is 4.90 Å². The van der Waals surface area contributed by atoms with Crippen LogP contribution in [0.3, 0.4) is 0 Å². The molecule has 2 aromatic carbocycles. The lowest BCUT2D eigenvalue weighted by Gasteiger charge is -2.14. The van der Waals surface area contributed by atoms with E-state index < -0.39 is 27.5 Å². The summed E-state index contributed by atoms with van der Waals surface area (Å²) in [6, 6.07) is 11.7. The van der Waals surface area contributed by atoms with Crippen LogP contribution in [0.15, 0.2) is 71.9 Å². The molecule has 0 atom stereocenters. The highest BCUT2D eigenvalue weighted by atomic mass is 32.2. The first kappa shape index (κ1) is 17.0. The van der Waals surface area contributed by atoms with Crippen LogP contribution in [0.2, 0.25) is 0 Å². The number of sulfonamides is 1. The van der Waals surface area contributed by atoms with Gasteiger partial charge in [0.05, 0.1) is 21.8 Å². The number of aromatic nitrogens is 2. The maximum Gasteiger partial charge on any atom is 0.418 e. The van der Waals surface area contributed by atoms with Crippen molar-refractivity contribution in [3.05, 3.63) is 72.6 Å². The molecular weight excluding hydrogens is 355 g/mol. The van der Waals surface area contributed by atoms with Gasteiger partial charge in [0.1, 0.15) is 0 Å². The quantitative estimate of drug-likeness (QED) is 0.765. The summed E-state index contributed by atoms with van der Waals surface area (Å²) in [6.45, 7) is 0. The molecule has 9 heteroatoms. The van der Waals surface area contributed by atoms with Crippen molar-refractivity contribution in [1.82, 2.24) is 9.78 Å². The van der Waals surface area contributed by atoms with Crippen LogP contribution >= 0.6 is 0 Å². The van der Waals surface area contributed by atoms with Crippen molar-refractivity contribution in [2.75, 3.05) is 4.72 Å². The molecule has 3 aromatic rings. The fourth-order valence-electron chi connectivity index (χ4n) is 2.22. The molecule has 0 unspecified atom stereocenters. The van der Waals surface area contributed by atoms with E-state index >= 15 is 0 Å². The number of benzene rings is 2. The fourth-order valence-corrected chi connectivity index (χ4v) is 3.30. The largest absolute Gasteiger partial charge is 0.418 e. The van der Waals surface area contributed by atoms with Crippen molar-refractivity contribution in [2.45, 2.75) is 11.1 Å². The number of nitrogens with zero attached hydrogens (tertiary/aromatic N) is 2. The molecule has 0 radical (unpaired) electrons. The third-order valence-electron chi connectivity index (χ3n) is 3.39. The minimum absolute atomic E-state index is 0.152. The minimum atomic E-state index is -4.66. The first-order chi connectivity index (χ1) is 11.8. The number of nitrogens with one attached hydrogen (secondary N) is 1. The Morgan fingerprint density at radius 1 is 0.960 bits per heavy atom. The first-order valence-corrected chi connectivity index (χ1v) is 8.55. The maximum absolute atomic E-state index is 13.0. The Bertz CT molecular complexity index is 967. The van der Waals surface area contributed by atoms with Crippen LogP contribution in [-0.2, 0) is 16.2 Å². The summed E-state index contributed by atoms with van der Waals surface area (Å²) < 4.78 is 67.3. The van der Waals surface area contributed by atoms with Gasteiger partial charge in [-0.3, -0.25) is 4.72 Å². The predicted molar refractivity (Wildman–Crippen MR) is 85.8 cm³/mol. The molecule has 1 aromatic heterocycles. The number of alkyl halides is 3. The van der Waals surface area contributed by atoms with E-state index in [1.165, 1.54) is 41.1 Å². The van der Waals surface area contributed by atoms with Crippen molar-refractivity contribution in [3.8, 4) is 5.69 Å². The zero-order valence-electron chi connectivity index (χ0n) is 12.6. The highest BCUT2D eigenvalue weighted by Gasteiger charge is 2.34. The topological polar surface area (TPSA) is 64.0 Å². The van der Waals surface area contributed by atoms with E-state index in [4.69, 9.17) is 0 Å². The Kier molecular flexibility index (Phi) is 4.25.